The Balaban J connectivity index is 2.50. The normalized spacial score (nSPS) is 12.2. The van der Waals surface area contributed by atoms with Gasteiger partial charge in [-0.3, -0.25) is 4.79 Å². The summed E-state index contributed by atoms with van der Waals surface area (Å²) in [6.45, 7) is 2.68. The lowest BCUT2D eigenvalue weighted by Gasteiger charge is -2.10. The van der Waals surface area contributed by atoms with Crippen LogP contribution in [0.2, 0.25) is 0 Å². The van der Waals surface area contributed by atoms with Crippen LogP contribution in [0.5, 0.6) is 0 Å². The first-order valence-corrected chi connectivity index (χ1v) is 5.78. The molecule has 1 rings (SSSR count). The first kappa shape index (κ1) is 13.1. The van der Waals surface area contributed by atoms with Crippen molar-refractivity contribution in [3.63, 3.8) is 0 Å². The Labute approximate surface area is 102 Å². The molecule has 0 aromatic heterocycles. The third-order valence-electron chi connectivity index (χ3n) is 2.50. The summed E-state index contributed by atoms with van der Waals surface area (Å²) in [5, 5.41) is 5.55. The molecule has 0 unspecified atom stereocenters. The Kier molecular flexibility index (Phi) is 5.35. The summed E-state index contributed by atoms with van der Waals surface area (Å²) in [6.07, 6.45) is 1.01. The zero-order valence-electron chi connectivity index (χ0n) is 9.66. The Bertz CT molecular complexity index is 337. The Morgan fingerprint density at radius 2 is 1.88 bits per heavy atom. The summed E-state index contributed by atoms with van der Waals surface area (Å²) in [5.41, 5.74) is 2.38. The fourth-order valence-electron chi connectivity index (χ4n) is 1.43. The second-order valence-electron chi connectivity index (χ2n) is 3.87. The van der Waals surface area contributed by atoms with E-state index in [1.54, 1.807) is 0 Å². The van der Waals surface area contributed by atoms with E-state index >= 15 is 0 Å². The van der Waals surface area contributed by atoms with E-state index in [0.29, 0.717) is 12.6 Å². The van der Waals surface area contributed by atoms with E-state index in [-0.39, 0.29) is 5.24 Å². The number of rotatable bonds is 5. The molecule has 0 heterocycles. The first-order chi connectivity index (χ1) is 7.61. The van der Waals surface area contributed by atoms with Gasteiger partial charge in [-0.1, -0.05) is 36.9 Å². The smallest absolute Gasteiger partial charge is 0.276 e. The quantitative estimate of drug-likeness (QED) is 0.687. The molecule has 0 spiro atoms. The zero-order chi connectivity index (χ0) is 12.0. The molecule has 88 valence electrons. The highest BCUT2D eigenvalue weighted by Gasteiger charge is 2.01. The molecule has 16 heavy (non-hydrogen) atoms. The van der Waals surface area contributed by atoms with Crippen molar-refractivity contribution in [2.24, 2.45) is 0 Å². The van der Waals surface area contributed by atoms with Gasteiger partial charge in [-0.05, 0) is 31.5 Å². The molecule has 1 amide bonds. The van der Waals surface area contributed by atoms with Crippen molar-refractivity contribution in [2.45, 2.75) is 25.9 Å². The van der Waals surface area contributed by atoms with E-state index < -0.39 is 0 Å². The minimum absolute atomic E-state index is 0.298. The van der Waals surface area contributed by atoms with Gasteiger partial charge in [0.25, 0.3) is 5.24 Å². The maximum Gasteiger partial charge on any atom is 0.276 e. The van der Waals surface area contributed by atoms with E-state index in [2.05, 4.69) is 42.3 Å². The van der Waals surface area contributed by atoms with Crippen LogP contribution < -0.4 is 10.6 Å². The van der Waals surface area contributed by atoms with Crippen molar-refractivity contribution < 1.29 is 4.79 Å². The maximum atomic E-state index is 10.6. The lowest BCUT2D eigenvalue weighted by Crippen LogP contribution is -2.23. The van der Waals surface area contributed by atoms with Gasteiger partial charge in [0.05, 0.1) is 0 Å². The number of carbonyl (C=O) groups is 1. The van der Waals surface area contributed by atoms with Crippen LogP contribution in [0.3, 0.4) is 0 Å². The van der Waals surface area contributed by atoms with Gasteiger partial charge in [0, 0.05) is 12.6 Å². The highest BCUT2D eigenvalue weighted by Crippen LogP contribution is 2.07. The van der Waals surface area contributed by atoms with Gasteiger partial charge in [0.1, 0.15) is 0 Å². The number of hydrogen-bond donors (Lipinski definition) is 3. The number of benzene rings is 1. The summed E-state index contributed by atoms with van der Waals surface area (Å²) < 4.78 is 0. The van der Waals surface area contributed by atoms with Crippen LogP contribution in [0.4, 0.5) is 4.79 Å². The number of thiol groups is 1. The molecule has 2 N–H and O–H groups in total. The monoisotopic (exact) mass is 238 g/mol. The van der Waals surface area contributed by atoms with Gasteiger partial charge in [-0.2, -0.15) is 0 Å². The number of carbonyl (C=O) groups excluding carboxylic acids is 1. The van der Waals surface area contributed by atoms with E-state index in [0.717, 1.165) is 12.0 Å². The Hall–Kier alpha value is -1.00. The van der Waals surface area contributed by atoms with Gasteiger partial charge in [-0.15, -0.1) is 0 Å². The van der Waals surface area contributed by atoms with E-state index in [1.165, 1.54) is 5.56 Å². The highest BCUT2D eigenvalue weighted by molar-refractivity contribution is 7.96. The third kappa shape index (κ3) is 4.68. The SMILES string of the molecule is CN[C@H](C)Cc1ccc(CNC(=O)S)cc1. The average molecular weight is 238 g/mol. The van der Waals surface area contributed by atoms with Crippen molar-refractivity contribution in [1.82, 2.24) is 10.6 Å². The van der Waals surface area contributed by atoms with Crippen LogP contribution in [-0.4, -0.2) is 18.3 Å². The minimum Gasteiger partial charge on any atom is -0.343 e. The van der Waals surface area contributed by atoms with E-state index in [1.807, 2.05) is 19.2 Å². The molecule has 1 aromatic rings. The first-order valence-electron chi connectivity index (χ1n) is 5.33. The van der Waals surface area contributed by atoms with Gasteiger partial charge in [0.15, 0.2) is 0 Å². The van der Waals surface area contributed by atoms with Crippen molar-refractivity contribution in [3.05, 3.63) is 35.4 Å². The molecule has 0 aliphatic rings. The summed E-state index contributed by atoms with van der Waals surface area (Å²) in [5.74, 6) is 0. The zero-order valence-corrected chi connectivity index (χ0v) is 10.6. The Morgan fingerprint density at radius 3 is 2.38 bits per heavy atom. The predicted octanol–water partition coefficient (Wildman–Crippen LogP) is 1.98. The van der Waals surface area contributed by atoms with Gasteiger partial charge in [-0.25, -0.2) is 0 Å². The van der Waals surface area contributed by atoms with Crippen LogP contribution in [0.15, 0.2) is 24.3 Å². The van der Waals surface area contributed by atoms with Gasteiger partial charge >= 0.3 is 0 Å². The van der Waals surface area contributed by atoms with E-state index in [9.17, 15) is 4.79 Å². The highest BCUT2D eigenvalue weighted by atomic mass is 32.1. The molecule has 0 radical (unpaired) electrons. The predicted molar refractivity (Wildman–Crippen MR) is 69.9 cm³/mol. The largest absolute Gasteiger partial charge is 0.343 e. The maximum absolute atomic E-state index is 10.6. The molecule has 0 saturated carbocycles. The van der Waals surface area contributed by atoms with Gasteiger partial charge in [0.2, 0.25) is 0 Å². The van der Waals surface area contributed by atoms with Crippen LogP contribution in [0, 0.1) is 0 Å². The van der Waals surface area contributed by atoms with Crippen molar-refractivity contribution in [1.29, 1.82) is 0 Å². The minimum atomic E-state index is -0.298. The Morgan fingerprint density at radius 1 is 1.31 bits per heavy atom. The second kappa shape index (κ2) is 6.55. The summed E-state index contributed by atoms with van der Waals surface area (Å²) in [4.78, 5) is 10.6. The molecule has 4 heteroatoms. The lowest BCUT2D eigenvalue weighted by atomic mass is 10.1. The van der Waals surface area contributed by atoms with Crippen LogP contribution in [0.25, 0.3) is 0 Å². The van der Waals surface area contributed by atoms with Crippen LogP contribution >= 0.6 is 12.6 Å². The summed E-state index contributed by atoms with van der Waals surface area (Å²) in [7, 11) is 1.96. The average Bonchev–Trinajstić information content (AvgIpc) is 2.28. The fraction of sp³-hybridized carbons (Fsp3) is 0.417. The lowest BCUT2D eigenvalue weighted by molar-refractivity contribution is 0.260. The number of likely N-dealkylation sites (N-methyl/N-ethyl adjacent to an activating group) is 1. The second-order valence-corrected chi connectivity index (χ2v) is 4.28. The summed E-state index contributed by atoms with van der Waals surface area (Å²) >= 11 is 3.65. The molecule has 3 nitrogen and oxygen atoms in total. The fourth-order valence-corrected chi connectivity index (χ4v) is 1.51. The molecule has 0 bridgehead atoms. The number of amides is 1. The molecular formula is C12H18N2OS. The number of hydrogen-bond acceptors (Lipinski definition) is 2. The number of nitrogens with one attached hydrogen (secondary N) is 2. The topological polar surface area (TPSA) is 41.1 Å². The molecular weight excluding hydrogens is 220 g/mol. The van der Waals surface area contributed by atoms with Gasteiger partial charge < -0.3 is 10.6 Å². The van der Waals surface area contributed by atoms with Crippen LogP contribution in [-0.2, 0) is 13.0 Å². The molecule has 0 saturated heterocycles. The van der Waals surface area contributed by atoms with Crippen molar-refractivity contribution >= 4 is 17.9 Å². The third-order valence-corrected chi connectivity index (χ3v) is 2.66. The van der Waals surface area contributed by atoms with Crippen LogP contribution in [0.1, 0.15) is 18.1 Å². The molecule has 0 aliphatic heterocycles. The molecule has 1 atom stereocenters. The molecule has 1 aromatic carbocycles. The van der Waals surface area contributed by atoms with Crippen molar-refractivity contribution in [3.8, 4) is 0 Å². The van der Waals surface area contributed by atoms with Crippen molar-refractivity contribution in [2.75, 3.05) is 7.05 Å². The summed E-state index contributed by atoms with van der Waals surface area (Å²) in [6, 6.07) is 8.72. The standard InChI is InChI=1S/C12H18N2OS/c1-9(13-2)7-10-3-5-11(6-4-10)8-14-12(15)16/h3-6,9,13H,7-8H2,1-2H3,(H2,14,15,16)/t9-/m1/s1. The molecule has 0 aliphatic carbocycles. The van der Waals surface area contributed by atoms with E-state index in [4.69, 9.17) is 0 Å². The molecule has 0 fully saturated rings.